The molecule has 0 radical (unpaired) electrons. The zero-order valence-electron chi connectivity index (χ0n) is 11.1. The minimum Gasteiger partial charge on any atom is -0.398 e. The summed E-state index contributed by atoms with van der Waals surface area (Å²) in [5.74, 6) is -0.159. The van der Waals surface area contributed by atoms with E-state index in [0.717, 1.165) is 17.8 Å². The second-order valence-corrected chi connectivity index (χ2v) is 7.50. The topological polar surface area (TPSA) is 118 Å². The van der Waals surface area contributed by atoms with Crippen LogP contribution in [0.15, 0.2) is 23.1 Å². The molecule has 0 saturated carbocycles. The van der Waals surface area contributed by atoms with Gasteiger partial charge in [0.2, 0.25) is 5.91 Å². The lowest BCUT2D eigenvalue weighted by Gasteiger charge is -2.17. The Labute approximate surface area is 126 Å². The predicted octanol–water partition coefficient (Wildman–Crippen LogP) is 0.901. The van der Waals surface area contributed by atoms with Crippen LogP contribution in [-0.2, 0) is 19.7 Å². The number of carbonyl (C=O) groups excluding carboxylic acids is 2. The third-order valence-corrected chi connectivity index (χ3v) is 4.91. The van der Waals surface area contributed by atoms with E-state index in [-0.39, 0.29) is 28.4 Å². The average molecular weight is 330 g/mol. The molecule has 1 amide bonds. The summed E-state index contributed by atoms with van der Waals surface area (Å²) in [6.07, 6.45) is 0.240. The maximum Gasteiger partial charge on any atom is 0.296 e. The van der Waals surface area contributed by atoms with Crippen LogP contribution in [0.3, 0.4) is 0 Å². The summed E-state index contributed by atoms with van der Waals surface area (Å²) in [4.78, 5) is 24.1. The lowest BCUT2D eigenvalue weighted by Crippen LogP contribution is -2.25. The minimum atomic E-state index is -4.39. The van der Waals surface area contributed by atoms with E-state index >= 15 is 0 Å². The molecule has 114 valence electrons. The molecule has 0 aromatic heterocycles. The summed E-state index contributed by atoms with van der Waals surface area (Å²) in [5.41, 5.74) is 5.91. The maximum absolute atomic E-state index is 12.0. The number of benzene rings is 1. The van der Waals surface area contributed by atoms with Crippen LogP contribution in [0.2, 0.25) is 0 Å². The largest absolute Gasteiger partial charge is 0.398 e. The molecule has 9 heteroatoms. The highest BCUT2D eigenvalue weighted by Crippen LogP contribution is 2.31. The van der Waals surface area contributed by atoms with E-state index in [1.165, 1.54) is 24.0 Å². The molecule has 21 heavy (non-hydrogen) atoms. The van der Waals surface area contributed by atoms with Gasteiger partial charge in [-0.2, -0.15) is 8.42 Å². The summed E-state index contributed by atoms with van der Waals surface area (Å²) in [5, 5.41) is -0.187. The van der Waals surface area contributed by atoms with Crippen LogP contribution in [-0.4, -0.2) is 35.8 Å². The standard InChI is InChI=1S/C12H14N2O5S2/c1-7(15)20-9-5-12(16)14(6-9)8-2-3-11(10(13)4-8)21(17,18)19/h2-4,9H,5-6,13H2,1H3,(H,17,18,19). The molecule has 0 aliphatic carbocycles. The smallest absolute Gasteiger partial charge is 0.296 e. The van der Waals surface area contributed by atoms with Gasteiger partial charge in [0.1, 0.15) is 4.90 Å². The molecule has 1 aliphatic rings. The zero-order chi connectivity index (χ0) is 15.8. The number of anilines is 2. The first-order valence-corrected chi connectivity index (χ1v) is 8.35. The van der Waals surface area contributed by atoms with Crippen molar-refractivity contribution in [1.29, 1.82) is 0 Å². The molecule has 2 rings (SSSR count). The molecule has 1 heterocycles. The number of amides is 1. The van der Waals surface area contributed by atoms with Crippen molar-refractivity contribution in [3.05, 3.63) is 18.2 Å². The van der Waals surface area contributed by atoms with Gasteiger partial charge in [0.25, 0.3) is 10.1 Å². The van der Waals surface area contributed by atoms with E-state index in [9.17, 15) is 18.0 Å². The van der Waals surface area contributed by atoms with Gasteiger partial charge in [-0.25, -0.2) is 0 Å². The molecular formula is C12H14N2O5S2. The molecule has 1 aromatic carbocycles. The van der Waals surface area contributed by atoms with Crippen LogP contribution >= 0.6 is 11.8 Å². The quantitative estimate of drug-likeness (QED) is 0.624. The van der Waals surface area contributed by atoms with Gasteiger partial charge < -0.3 is 10.6 Å². The van der Waals surface area contributed by atoms with Gasteiger partial charge in [-0.3, -0.25) is 14.1 Å². The highest BCUT2D eigenvalue weighted by Gasteiger charge is 2.32. The van der Waals surface area contributed by atoms with Gasteiger partial charge in [-0.15, -0.1) is 0 Å². The summed E-state index contributed by atoms with van der Waals surface area (Å²) in [7, 11) is -4.39. The number of hydrogen-bond donors (Lipinski definition) is 2. The summed E-state index contributed by atoms with van der Waals surface area (Å²) in [6.45, 7) is 1.80. The van der Waals surface area contributed by atoms with Crippen molar-refractivity contribution in [2.24, 2.45) is 0 Å². The van der Waals surface area contributed by atoms with Crippen molar-refractivity contribution in [3.63, 3.8) is 0 Å². The minimum absolute atomic E-state index is 0.0594. The van der Waals surface area contributed by atoms with Crippen LogP contribution in [0.1, 0.15) is 13.3 Å². The normalized spacial score (nSPS) is 19.0. The fraction of sp³-hybridized carbons (Fsp3) is 0.333. The van der Waals surface area contributed by atoms with Crippen molar-refractivity contribution >= 4 is 44.3 Å². The van der Waals surface area contributed by atoms with Gasteiger partial charge in [-0.1, -0.05) is 11.8 Å². The van der Waals surface area contributed by atoms with E-state index in [2.05, 4.69) is 0 Å². The lowest BCUT2D eigenvalue weighted by atomic mass is 10.2. The summed E-state index contributed by atoms with van der Waals surface area (Å²) in [6, 6.07) is 3.87. The van der Waals surface area contributed by atoms with Crippen LogP contribution < -0.4 is 10.6 Å². The molecular weight excluding hydrogens is 316 g/mol. The molecule has 0 spiro atoms. The van der Waals surface area contributed by atoms with Crippen LogP contribution in [0.4, 0.5) is 11.4 Å². The number of carbonyl (C=O) groups is 2. The molecule has 0 bridgehead atoms. The molecule has 1 atom stereocenters. The van der Waals surface area contributed by atoms with Crippen molar-refractivity contribution in [2.45, 2.75) is 23.5 Å². The fourth-order valence-corrected chi connectivity index (χ4v) is 3.69. The summed E-state index contributed by atoms with van der Waals surface area (Å²) < 4.78 is 31.1. The number of rotatable bonds is 3. The van der Waals surface area contributed by atoms with Crippen molar-refractivity contribution < 1.29 is 22.6 Å². The average Bonchev–Trinajstić information content (AvgIpc) is 2.67. The number of nitrogens with two attached hydrogens (primary N) is 1. The fourth-order valence-electron chi connectivity index (χ4n) is 2.18. The van der Waals surface area contributed by atoms with E-state index in [1.807, 2.05) is 0 Å². The molecule has 1 unspecified atom stereocenters. The van der Waals surface area contributed by atoms with E-state index in [4.69, 9.17) is 10.3 Å². The second-order valence-electron chi connectivity index (χ2n) is 4.64. The first-order valence-electron chi connectivity index (χ1n) is 6.03. The Balaban J connectivity index is 2.25. The van der Waals surface area contributed by atoms with Crippen molar-refractivity contribution in [2.75, 3.05) is 17.2 Å². The van der Waals surface area contributed by atoms with Crippen molar-refractivity contribution in [3.8, 4) is 0 Å². The Bertz CT molecular complexity index is 702. The van der Waals surface area contributed by atoms with Gasteiger partial charge >= 0.3 is 0 Å². The molecule has 1 fully saturated rings. The zero-order valence-corrected chi connectivity index (χ0v) is 12.8. The highest BCUT2D eigenvalue weighted by molar-refractivity contribution is 8.14. The van der Waals surface area contributed by atoms with Gasteiger partial charge in [-0.05, 0) is 18.2 Å². The third kappa shape index (κ3) is 3.55. The van der Waals surface area contributed by atoms with E-state index < -0.39 is 15.0 Å². The SMILES string of the molecule is CC(=O)SC1CC(=O)N(c2ccc(S(=O)(=O)O)c(N)c2)C1. The first kappa shape index (κ1) is 15.8. The molecule has 1 aromatic rings. The Morgan fingerprint density at radius 1 is 1.48 bits per heavy atom. The molecule has 1 saturated heterocycles. The lowest BCUT2D eigenvalue weighted by molar-refractivity contribution is -0.117. The third-order valence-electron chi connectivity index (χ3n) is 3.01. The van der Waals surface area contributed by atoms with Gasteiger partial charge in [0.15, 0.2) is 5.12 Å². The monoisotopic (exact) mass is 330 g/mol. The van der Waals surface area contributed by atoms with E-state index in [1.54, 1.807) is 0 Å². The molecule has 1 aliphatic heterocycles. The van der Waals surface area contributed by atoms with Crippen LogP contribution in [0.25, 0.3) is 0 Å². The summed E-state index contributed by atoms with van der Waals surface area (Å²) >= 11 is 1.11. The second kappa shape index (κ2) is 5.66. The number of nitrogen functional groups attached to an aromatic ring is 1. The maximum atomic E-state index is 12.0. The predicted molar refractivity (Wildman–Crippen MR) is 79.7 cm³/mol. The van der Waals surface area contributed by atoms with Gasteiger partial charge in [0, 0.05) is 30.8 Å². The Morgan fingerprint density at radius 3 is 2.67 bits per heavy atom. The van der Waals surface area contributed by atoms with Crippen LogP contribution in [0.5, 0.6) is 0 Å². The van der Waals surface area contributed by atoms with Crippen molar-refractivity contribution in [1.82, 2.24) is 0 Å². The molecule has 7 nitrogen and oxygen atoms in total. The number of hydrogen-bond acceptors (Lipinski definition) is 6. The Hall–Kier alpha value is -1.58. The Kier molecular flexibility index (Phi) is 4.26. The van der Waals surface area contributed by atoms with Crippen LogP contribution in [0, 0.1) is 0 Å². The highest BCUT2D eigenvalue weighted by atomic mass is 32.2. The van der Waals surface area contributed by atoms with E-state index in [0.29, 0.717) is 12.2 Å². The van der Waals surface area contributed by atoms with Gasteiger partial charge in [0.05, 0.1) is 5.69 Å². The molecule has 3 N–H and O–H groups in total. The number of nitrogens with zero attached hydrogens (tertiary/aromatic N) is 1. The number of thioether (sulfide) groups is 1. The first-order chi connectivity index (χ1) is 9.68. The Morgan fingerprint density at radius 2 is 2.14 bits per heavy atom.